The fraction of sp³-hybridized carbons (Fsp3) is 0.692. The molecular formula is C13H23N3O3. The van der Waals surface area contributed by atoms with E-state index in [4.69, 9.17) is 0 Å². The van der Waals surface area contributed by atoms with E-state index in [1.54, 1.807) is 7.05 Å². The molecule has 0 fully saturated rings. The van der Waals surface area contributed by atoms with Crippen molar-refractivity contribution in [3.63, 3.8) is 0 Å². The number of nitrogens with zero attached hydrogens (tertiary/aromatic N) is 2. The van der Waals surface area contributed by atoms with Crippen LogP contribution in [0.1, 0.15) is 26.0 Å². The minimum Gasteiger partial charge on any atom is -0.395 e. The van der Waals surface area contributed by atoms with Gasteiger partial charge < -0.3 is 10.4 Å². The topological polar surface area (TPSA) is 76.3 Å². The molecule has 19 heavy (non-hydrogen) atoms. The number of aliphatic hydroxyl groups excluding tert-OH is 1. The quantitative estimate of drug-likeness (QED) is 0.735. The van der Waals surface area contributed by atoms with Gasteiger partial charge in [0.1, 0.15) is 0 Å². The van der Waals surface area contributed by atoms with Crippen molar-refractivity contribution < 1.29 is 5.11 Å². The van der Waals surface area contributed by atoms with E-state index in [2.05, 4.69) is 19.2 Å². The summed E-state index contributed by atoms with van der Waals surface area (Å²) in [6.45, 7) is 4.59. The predicted molar refractivity (Wildman–Crippen MR) is 74.1 cm³/mol. The van der Waals surface area contributed by atoms with E-state index in [9.17, 15) is 14.7 Å². The normalized spacial score (nSPS) is 12.9. The molecule has 1 heterocycles. The summed E-state index contributed by atoms with van der Waals surface area (Å²) in [5, 5.41) is 12.5. The zero-order valence-corrected chi connectivity index (χ0v) is 12.0. The van der Waals surface area contributed by atoms with Crippen molar-refractivity contribution in [1.29, 1.82) is 0 Å². The summed E-state index contributed by atoms with van der Waals surface area (Å²) < 4.78 is 2.51. The third kappa shape index (κ3) is 4.04. The number of hydrogen-bond acceptors (Lipinski definition) is 4. The van der Waals surface area contributed by atoms with E-state index in [0.717, 1.165) is 11.0 Å². The van der Waals surface area contributed by atoms with Gasteiger partial charge in [0.15, 0.2) is 0 Å². The molecule has 108 valence electrons. The molecule has 0 saturated carbocycles. The maximum absolute atomic E-state index is 11.8. The molecule has 0 aliphatic heterocycles. The van der Waals surface area contributed by atoms with Crippen molar-refractivity contribution in [3.05, 3.63) is 32.6 Å². The molecule has 6 nitrogen and oxygen atoms in total. The standard InChI is InChI=1S/C13H23N3O3/c1-9(2)5-10(8-17)14-7-11-6-12(18)16(4)13(19)15(11)3/h6,9-10,14,17H,5,7-8H2,1-4H3. The lowest BCUT2D eigenvalue weighted by Gasteiger charge is -2.19. The molecule has 1 aromatic rings. The van der Waals surface area contributed by atoms with Gasteiger partial charge in [-0.15, -0.1) is 0 Å². The van der Waals surface area contributed by atoms with Gasteiger partial charge in [-0.05, 0) is 12.3 Å². The van der Waals surface area contributed by atoms with Crippen LogP contribution >= 0.6 is 0 Å². The second-order valence-corrected chi connectivity index (χ2v) is 5.26. The lowest BCUT2D eigenvalue weighted by molar-refractivity contribution is 0.222. The number of aromatic nitrogens is 2. The first-order valence-corrected chi connectivity index (χ1v) is 6.47. The molecule has 0 aliphatic rings. The Bertz CT molecular complexity index is 531. The van der Waals surface area contributed by atoms with Gasteiger partial charge in [0.2, 0.25) is 0 Å². The lowest BCUT2D eigenvalue weighted by atomic mass is 10.0. The van der Waals surface area contributed by atoms with Crippen molar-refractivity contribution in [3.8, 4) is 0 Å². The van der Waals surface area contributed by atoms with Crippen LogP contribution in [0.3, 0.4) is 0 Å². The maximum Gasteiger partial charge on any atom is 0.330 e. The van der Waals surface area contributed by atoms with Gasteiger partial charge in [0, 0.05) is 38.4 Å². The Labute approximate surface area is 112 Å². The molecule has 0 radical (unpaired) electrons. The van der Waals surface area contributed by atoms with E-state index in [1.807, 2.05) is 0 Å². The molecule has 1 unspecified atom stereocenters. The van der Waals surface area contributed by atoms with Crippen LogP contribution in [0.2, 0.25) is 0 Å². The van der Waals surface area contributed by atoms with Crippen LogP contribution in [0.5, 0.6) is 0 Å². The highest BCUT2D eigenvalue weighted by Gasteiger charge is 2.11. The number of aliphatic hydroxyl groups is 1. The summed E-state index contributed by atoms with van der Waals surface area (Å²) in [7, 11) is 3.09. The number of nitrogens with one attached hydrogen (secondary N) is 1. The summed E-state index contributed by atoms with van der Waals surface area (Å²) in [5.41, 5.74) is -0.0340. The van der Waals surface area contributed by atoms with Gasteiger partial charge >= 0.3 is 5.69 Å². The van der Waals surface area contributed by atoms with Crippen molar-refractivity contribution >= 4 is 0 Å². The van der Waals surface area contributed by atoms with Crippen LogP contribution in [-0.2, 0) is 20.6 Å². The fourth-order valence-corrected chi connectivity index (χ4v) is 1.99. The SMILES string of the molecule is CC(C)CC(CO)NCc1cc(=O)n(C)c(=O)n1C. The van der Waals surface area contributed by atoms with E-state index in [1.165, 1.54) is 17.7 Å². The molecule has 6 heteroatoms. The first kappa shape index (κ1) is 15.7. The molecule has 1 atom stereocenters. The zero-order chi connectivity index (χ0) is 14.6. The largest absolute Gasteiger partial charge is 0.395 e. The molecule has 2 N–H and O–H groups in total. The van der Waals surface area contributed by atoms with Gasteiger partial charge in [-0.3, -0.25) is 13.9 Å². The zero-order valence-electron chi connectivity index (χ0n) is 12.0. The highest BCUT2D eigenvalue weighted by Crippen LogP contribution is 2.04. The minimum atomic E-state index is -0.339. The van der Waals surface area contributed by atoms with Crippen molar-refractivity contribution in [2.45, 2.75) is 32.9 Å². The summed E-state index contributed by atoms with van der Waals surface area (Å²) >= 11 is 0. The van der Waals surface area contributed by atoms with Crippen LogP contribution in [0.25, 0.3) is 0 Å². The maximum atomic E-state index is 11.8. The van der Waals surface area contributed by atoms with E-state index >= 15 is 0 Å². The highest BCUT2D eigenvalue weighted by molar-refractivity contribution is 5.02. The Morgan fingerprint density at radius 1 is 1.26 bits per heavy atom. The van der Waals surface area contributed by atoms with Crippen LogP contribution in [-0.4, -0.2) is 26.9 Å². The Morgan fingerprint density at radius 2 is 1.89 bits per heavy atom. The Kier molecular flexibility index (Phi) is 5.50. The van der Waals surface area contributed by atoms with Crippen LogP contribution < -0.4 is 16.6 Å². The third-order valence-corrected chi connectivity index (χ3v) is 3.17. The van der Waals surface area contributed by atoms with E-state index in [0.29, 0.717) is 18.2 Å². The highest BCUT2D eigenvalue weighted by atomic mass is 16.3. The monoisotopic (exact) mass is 269 g/mol. The molecule has 1 aromatic heterocycles. The summed E-state index contributed by atoms with van der Waals surface area (Å²) in [4.78, 5) is 23.3. The van der Waals surface area contributed by atoms with Crippen molar-refractivity contribution in [1.82, 2.24) is 14.5 Å². The van der Waals surface area contributed by atoms with Crippen molar-refractivity contribution in [2.24, 2.45) is 20.0 Å². The van der Waals surface area contributed by atoms with E-state index < -0.39 is 0 Å². The van der Waals surface area contributed by atoms with E-state index in [-0.39, 0.29) is 23.9 Å². The van der Waals surface area contributed by atoms with Gasteiger partial charge in [0.05, 0.1) is 6.61 Å². The molecule has 0 aliphatic carbocycles. The van der Waals surface area contributed by atoms with Gasteiger partial charge in [-0.25, -0.2) is 4.79 Å². The Balaban J connectivity index is 2.83. The predicted octanol–water partition coefficient (Wildman–Crippen LogP) is -0.419. The molecule has 0 spiro atoms. The first-order chi connectivity index (χ1) is 8.86. The third-order valence-electron chi connectivity index (χ3n) is 3.17. The average molecular weight is 269 g/mol. The second kappa shape index (κ2) is 6.68. The van der Waals surface area contributed by atoms with Crippen LogP contribution in [0.4, 0.5) is 0 Å². The van der Waals surface area contributed by atoms with Crippen molar-refractivity contribution in [2.75, 3.05) is 6.61 Å². The first-order valence-electron chi connectivity index (χ1n) is 6.47. The van der Waals surface area contributed by atoms with Crippen LogP contribution in [0, 0.1) is 5.92 Å². The molecule has 0 amide bonds. The van der Waals surface area contributed by atoms with Gasteiger partial charge in [-0.1, -0.05) is 13.8 Å². The molecule has 1 rings (SSSR count). The average Bonchev–Trinajstić information content (AvgIpc) is 2.36. The van der Waals surface area contributed by atoms with Gasteiger partial charge in [-0.2, -0.15) is 0 Å². The number of hydrogen-bond donors (Lipinski definition) is 2. The Hall–Kier alpha value is -1.40. The summed E-state index contributed by atoms with van der Waals surface area (Å²) in [6, 6.07) is 1.41. The lowest BCUT2D eigenvalue weighted by Crippen LogP contribution is -2.40. The minimum absolute atomic E-state index is 0.0286. The Morgan fingerprint density at radius 3 is 2.42 bits per heavy atom. The smallest absolute Gasteiger partial charge is 0.330 e. The number of rotatable bonds is 6. The summed E-state index contributed by atoms with van der Waals surface area (Å²) in [6.07, 6.45) is 0.843. The molecular weight excluding hydrogens is 246 g/mol. The second-order valence-electron chi connectivity index (χ2n) is 5.26. The van der Waals surface area contributed by atoms with Crippen LogP contribution in [0.15, 0.2) is 15.7 Å². The molecule has 0 bridgehead atoms. The molecule has 0 saturated heterocycles. The van der Waals surface area contributed by atoms with Gasteiger partial charge in [0.25, 0.3) is 5.56 Å². The fourth-order valence-electron chi connectivity index (χ4n) is 1.99. The molecule has 0 aromatic carbocycles. The summed E-state index contributed by atoms with van der Waals surface area (Å²) in [5.74, 6) is 0.470.